The summed E-state index contributed by atoms with van der Waals surface area (Å²) in [4.78, 5) is 10.6. The molecule has 5 heteroatoms. The Bertz CT molecular complexity index is 59.2. The van der Waals surface area contributed by atoms with Crippen molar-refractivity contribution in [1.82, 2.24) is 4.90 Å². The maximum absolute atomic E-state index is 8.56. The van der Waals surface area contributed by atoms with Crippen LogP contribution in [0.3, 0.4) is 0 Å². The molecule has 0 fully saturated rings. The molecule has 0 atom stereocenters. The normalized spacial score (nSPS) is 6.60. The minimum Gasteiger partial charge on any atom is -0.450 e. The van der Waals surface area contributed by atoms with Gasteiger partial charge in [-0.3, -0.25) is 0 Å². The largest absolute Gasteiger partial charge is 0.503 e. The molecule has 0 heterocycles. The van der Waals surface area contributed by atoms with Crippen molar-refractivity contribution in [1.29, 1.82) is 0 Å². The van der Waals surface area contributed by atoms with Gasteiger partial charge >= 0.3 is 6.16 Å². The standard InChI is InChI=1S/C3H9N.CH5N.CH2O3/c1-4(2)3;1-2;2-1(3)4/h1-3H3;2H2,1H3;(H2,2,3,4). The molecule has 0 aliphatic carbocycles. The highest BCUT2D eigenvalue weighted by Crippen LogP contribution is 1.47. The van der Waals surface area contributed by atoms with E-state index >= 15 is 0 Å². The molecular weight excluding hydrogens is 136 g/mol. The summed E-state index contributed by atoms with van der Waals surface area (Å²) in [6, 6.07) is 0. The maximum Gasteiger partial charge on any atom is 0.503 e. The Labute approximate surface area is 61.1 Å². The molecule has 0 amide bonds. The van der Waals surface area contributed by atoms with Crippen LogP contribution in [0.25, 0.3) is 0 Å². The lowest BCUT2D eigenvalue weighted by molar-refractivity contribution is 0.137. The lowest BCUT2D eigenvalue weighted by Gasteiger charge is -1.90. The van der Waals surface area contributed by atoms with Gasteiger partial charge < -0.3 is 20.8 Å². The second kappa shape index (κ2) is 15.7. The second-order valence-corrected chi connectivity index (χ2v) is 1.62. The van der Waals surface area contributed by atoms with Crippen LogP contribution < -0.4 is 5.73 Å². The van der Waals surface area contributed by atoms with Gasteiger partial charge in [-0.25, -0.2) is 4.79 Å². The molecule has 0 saturated carbocycles. The Kier molecular flexibility index (Phi) is 25.3. The van der Waals surface area contributed by atoms with Gasteiger partial charge in [0.2, 0.25) is 0 Å². The number of rotatable bonds is 0. The molecule has 0 aliphatic rings. The number of carbonyl (C=O) groups is 1. The lowest BCUT2D eigenvalue weighted by Crippen LogP contribution is -1.99. The zero-order valence-electron chi connectivity index (χ0n) is 6.83. The van der Waals surface area contributed by atoms with Crippen LogP contribution in [0.15, 0.2) is 0 Å². The van der Waals surface area contributed by atoms with Crippen LogP contribution in [0.1, 0.15) is 0 Å². The van der Waals surface area contributed by atoms with Gasteiger partial charge in [-0.15, -0.1) is 0 Å². The number of hydrogen-bond acceptors (Lipinski definition) is 3. The van der Waals surface area contributed by atoms with Gasteiger partial charge in [0.1, 0.15) is 0 Å². The molecule has 0 aromatic rings. The Hall–Kier alpha value is -0.810. The van der Waals surface area contributed by atoms with Gasteiger partial charge in [0.05, 0.1) is 0 Å². The first kappa shape index (κ1) is 16.1. The Balaban J connectivity index is -0.0000000787. The van der Waals surface area contributed by atoms with Crippen LogP contribution in [0.4, 0.5) is 4.79 Å². The molecule has 0 bridgehead atoms. The zero-order chi connectivity index (χ0) is 9.15. The maximum atomic E-state index is 8.56. The fourth-order valence-corrected chi connectivity index (χ4v) is 0. The van der Waals surface area contributed by atoms with Gasteiger partial charge in [0.15, 0.2) is 0 Å². The van der Waals surface area contributed by atoms with E-state index in [-0.39, 0.29) is 0 Å². The number of nitrogens with two attached hydrogens (primary N) is 1. The van der Waals surface area contributed by atoms with Gasteiger partial charge in [0, 0.05) is 0 Å². The third-order valence-corrected chi connectivity index (χ3v) is 0. The van der Waals surface area contributed by atoms with E-state index in [2.05, 4.69) is 5.73 Å². The highest BCUT2D eigenvalue weighted by atomic mass is 16.6. The molecule has 0 rings (SSSR count). The molecular formula is C5H16N2O3. The smallest absolute Gasteiger partial charge is 0.450 e. The minimum absolute atomic E-state index is 1.50. The topological polar surface area (TPSA) is 86.8 Å². The van der Waals surface area contributed by atoms with E-state index in [1.807, 2.05) is 26.0 Å². The summed E-state index contributed by atoms with van der Waals surface area (Å²) >= 11 is 0. The monoisotopic (exact) mass is 152 g/mol. The molecule has 5 nitrogen and oxygen atoms in total. The van der Waals surface area contributed by atoms with E-state index in [1.54, 1.807) is 0 Å². The molecule has 0 aromatic carbocycles. The van der Waals surface area contributed by atoms with Gasteiger partial charge in [-0.2, -0.15) is 0 Å². The summed E-state index contributed by atoms with van der Waals surface area (Å²) in [5.41, 5.74) is 4.50. The molecule has 0 aromatic heterocycles. The van der Waals surface area contributed by atoms with Crippen molar-refractivity contribution in [2.75, 3.05) is 28.2 Å². The molecule has 0 unspecified atom stereocenters. The average Bonchev–Trinajstić information content (AvgIpc) is 1.66. The highest BCUT2D eigenvalue weighted by molar-refractivity contribution is 5.53. The molecule has 64 valence electrons. The van der Waals surface area contributed by atoms with Crippen molar-refractivity contribution in [2.24, 2.45) is 5.73 Å². The van der Waals surface area contributed by atoms with Crippen molar-refractivity contribution in [2.45, 2.75) is 0 Å². The first-order chi connectivity index (χ1) is 4.46. The molecule has 0 aliphatic heterocycles. The number of carboxylic acid groups (broad SMARTS) is 2. The number of nitrogens with zero attached hydrogens (tertiary/aromatic N) is 1. The van der Waals surface area contributed by atoms with E-state index in [1.165, 1.54) is 7.05 Å². The number of hydrogen-bond donors (Lipinski definition) is 3. The molecule has 10 heavy (non-hydrogen) atoms. The fraction of sp³-hybridized carbons (Fsp3) is 0.800. The molecule has 0 saturated heterocycles. The van der Waals surface area contributed by atoms with Crippen LogP contribution in [0.5, 0.6) is 0 Å². The summed E-state index contributed by atoms with van der Waals surface area (Å²) in [6.07, 6.45) is -1.83. The Morgan fingerprint density at radius 3 is 1.20 bits per heavy atom. The van der Waals surface area contributed by atoms with Crippen molar-refractivity contribution in [3.63, 3.8) is 0 Å². The first-order valence-electron chi connectivity index (χ1n) is 2.57. The van der Waals surface area contributed by atoms with E-state index in [0.717, 1.165) is 0 Å². The quantitative estimate of drug-likeness (QED) is 0.454. The van der Waals surface area contributed by atoms with E-state index in [0.29, 0.717) is 0 Å². The van der Waals surface area contributed by atoms with Gasteiger partial charge in [-0.1, -0.05) is 0 Å². The third-order valence-electron chi connectivity index (χ3n) is 0. The predicted molar refractivity (Wildman–Crippen MR) is 40.4 cm³/mol. The third kappa shape index (κ3) is 420. The zero-order valence-corrected chi connectivity index (χ0v) is 6.83. The summed E-state index contributed by atoms with van der Waals surface area (Å²) in [6.45, 7) is 0. The molecule has 0 radical (unpaired) electrons. The fourth-order valence-electron chi connectivity index (χ4n) is 0. The van der Waals surface area contributed by atoms with Crippen molar-refractivity contribution in [3.05, 3.63) is 0 Å². The van der Waals surface area contributed by atoms with Crippen LogP contribution in [0.2, 0.25) is 0 Å². The van der Waals surface area contributed by atoms with Crippen LogP contribution in [-0.4, -0.2) is 49.5 Å². The Morgan fingerprint density at radius 2 is 1.20 bits per heavy atom. The molecule has 4 N–H and O–H groups in total. The summed E-state index contributed by atoms with van der Waals surface area (Å²) in [7, 11) is 7.50. The summed E-state index contributed by atoms with van der Waals surface area (Å²) < 4.78 is 0. The second-order valence-electron chi connectivity index (χ2n) is 1.62. The van der Waals surface area contributed by atoms with Crippen LogP contribution in [-0.2, 0) is 0 Å². The Morgan fingerprint density at radius 1 is 1.20 bits per heavy atom. The minimum atomic E-state index is -1.83. The highest BCUT2D eigenvalue weighted by Gasteiger charge is 1.70. The first-order valence-corrected chi connectivity index (χ1v) is 2.57. The predicted octanol–water partition coefficient (Wildman–Crippen LogP) is -0.0249. The van der Waals surface area contributed by atoms with Crippen molar-refractivity contribution >= 4 is 6.16 Å². The van der Waals surface area contributed by atoms with E-state index in [4.69, 9.17) is 15.0 Å². The lowest BCUT2D eigenvalue weighted by atomic mass is 11.0. The van der Waals surface area contributed by atoms with Gasteiger partial charge in [-0.05, 0) is 28.2 Å². The van der Waals surface area contributed by atoms with Crippen LogP contribution in [0, 0.1) is 0 Å². The van der Waals surface area contributed by atoms with Gasteiger partial charge in [0.25, 0.3) is 0 Å². The summed E-state index contributed by atoms with van der Waals surface area (Å²) in [5.74, 6) is 0. The van der Waals surface area contributed by atoms with Crippen molar-refractivity contribution < 1.29 is 15.0 Å². The van der Waals surface area contributed by atoms with E-state index in [9.17, 15) is 0 Å². The average molecular weight is 152 g/mol. The van der Waals surface area contributed by atoms with Crippen LogP contribution >= 0.6 is 0 Å². The van der Waals surface area contributed by atoms with Crippen molar-refractivity contribution in [3.8, 4) is 0 Å². The summed E-state index contributed by atoms with van der Waals surface area (Å²) in [5, 5.41) is 13.9. The van der Waals surface area contributed by atoms with E-state index < -0.39 is 6.16 Å². The SMILES string of the molecule is CN.CN(C)C.O=C(O)O. The molecule has 0 spiro atoms.